The van der Waals surface area contributed by atoms with Crippen LogP contribution in [0.5, 0.6) is 0 Å². The van der Waals surface area contributed by atoms with Gasteiger partial charge in [-0.25, -0.2) is 0 Å². The summed E-state index contributed by atoms with van der Waals surface area (Å²) in [6, 6.07) is 13.9. The van der Waals surface area contributed by atoms with E-state index in [0.29, 0.717) is 5.92 Å². The summed E-state index contributed by atoms with van der Waals surface area (Å²) in [5.41, 5.74) is 1.26. The molecule has 4 heteroatoms. The van der Waals surface area contributed by atoms with Gasteiger partial charge < -0.3 is 5.32 Å². The minimum absolute atomic E-state index is 0.643. The normalized spacial score (nSPS) is 11.1. The van der Waals surface area contributed by atoms with Crippen LogP contribution in [-0.4, -0.2) is 6.54 Å². The first-order valence-corrected chi connectivity index (χ1v) is 8.54. The van der Waals surface area contributed by atoms with Crippen LogP contribution in [0.25, 0.3) is 0 Å². The fourth-order valence-corrected chi connectivity index (χ4v) is 3.24. The number of rotatable bonds is 6. The average Bonchev–Trinajstić information content (AvgIpc) is 2.43. The minimum Gasteiger partial charge on any atom is -0.312 e. The van der Waals surface area contributed by atoms with Crippen LogP contribution in [0.3, 0.4) is 0 Å². The Morgan fingerprint density at radius 1 is 1.00 bits per heavy atom. The van der Waals surface area contributed by atoms with Crippen molar-refractivity contribution >= 4 is 35.0 Å². The summed E-state index contributed by atoms with van der Waals surface area (Å²) >= 11 is 13.8. The van der Waals surface area contributed by atoms with Gasteiger partial charge >= 0.3 is 0 Å². The highest BCUT2D eigenvalue weighted by molar-refractivity contribution is 7.99. The topological polar surface area (TPSA) is 12.0 Å². The molecule has 21 heavy (non-hydrogen) atoms. The Morgan fingerprint density at radius 3 is 2.33 bits per heavy atom. The molecule has 2 aromatic rings. The Labute approximate surface area is 141 Å². The van der Waals surface area contributed by atoms with Crippen molar-refractivity contribution in [3.8, 4) is 0 Å². The van der Waals surface area contributed by atoms with E-state index < -0.39 is 0 Å². The van der Waals surface area contributed by atoms with Crippen LogP contribution in [0.4, 0.5) is 0 Å². The summed E-state index contributed by atoms with van der Waals surface area (Å²) in [6.07, 6.45) is 0. The van der Waals surface area contributed by atoms with Crippen molar-refractivity contribution in [2.45, 2.75) is 30.2 Å². The van der Waals surface area contributed by atoms with E-state index in [-0.39, 0.29) is 0 Å². The molecular formula is C17H19Cl2NS. The second kappa shape index (κ2) is 8.09. The van der Waals surface area contributed by atoms with Gasteiger partial charge in [-0.1, -0.05) is 54.9 Å². The fraction of sp³-hybridized carbons (Fsp3) is 0.294. The van der Waals surface area contributed by atoms with Crippen LogP contribution in [0.1, 0.15) is 19.4 Å². The molecule has 1 N–H and O–H groups in total. The van der Waals surface area contributed by atoms with Crippen molar-refractivity contribution in [3.05, 3.63) is 58.1 Å². The van der Waals surface area contributed by atoms with Crippen LogP contribution in [0.15, 0.2) is 52.3 Å². The van der Waals surface area contributed by atoms with Crippen LogP contribution < -0.4 is 5.32 Å². The molecule has 0 fully saturated rings. The standard InChI is InChI=1S/C17H19Cl2NS/c1-12(2)10-20-11-13-3-4-15(19)9-17(13)21-16-7-5-14(18)6-8-16/h3-9,12,20H,10-11H2,1-2H3. The summed E-state index contributed by atoms with van der Waals surface area (Å²) in [7, 11) is 0. The molecule has 0 spiro atoms. The van der Waals surface area contributed by atoms with Gasteiger partial charge in [-0.3, -0.25) is 0 Å². The lowest BCUT2D eigenvalue weighted by atomic mass is 10.2. The molecule has 0 atom stereocenters. The second-order valence-corrected chi connectivity index (χ2v) is 7.32. The molecule has 0 radical (unpaired) electrons. The number of hydrogen-bond acceptors (Lipinski definition) is 2. The smallest absolute Gasteiger partial charge is 0.0417 e. The average molecular weight is 340 g/mol. The van der Waals surface area contributed by atoms with Gasteiger partial charge in [0.25, 0.3) is 0 Å². The summed E-state index contributed by atoms with van der Waals surface area (Å²) in [4.78, 5) is 2.34. The first-order valence-electron chi connectivity index (χ1n) is 6.97. The maximum atomic E-state index is 6.14. The Kier molecular flexibility index (Phi) is 6.43. The molecule has 0 saturated carbocycles. The third kappa shape index (κ3) is 5.55. The van der Waals surface area contributed by atoms with Gasteiger partial charge in [-0.15, -0.1) is 0 Å². The molecule has 0 aliphatic carbocycles. The molecule has 112 valence electrons. The molecule has 0 heterocycles. The third-order valence-corrected chi connectivity index (χ3v) is 4.53. The van der Waals surface area contributed by atoms with Gasteiger partial charge in [0.05, 0.1) is 0 Å². The van der Waals surface area contributed by atoms with Crippen LogP contribution in [0.2, 0.25) is 10.0 Å². The van der Waals surface area contributed by atoms with E-state index in [1.54, 1.807) is 11.8 Å². The third-order valence-electron chi connectivity index (χ3n) is 2.94. The highest BCUT2D eigenvalue weighted by Crippen LogP contribution is 2.33. The molecule has 0 saturated heterocycles. The lowest BCUT2D eigenvalue weighted by Gasteiger charge is -2.12. The lowest BCUT2D eigenvalue weighted by Crippen LogP contribution is -2.19. The number of benzene rings is 2. The summed E-state index contributed by atoms with van der Waals surface area (Å²) in [5.74, 6) is 0.643. The molecule has 2 aromatic carbocycles. The zero-order valence-electron chi connectivity index (χ0n) is 12.2. The SMILES string of the molecule is CC(C)CNCc1ccc(Cl)cc1Sc1ccc(Cl)cc1. The molecule has 0 aliphatic heterocycles. The van der Waals surface area contributed by atoms with E-state index >= 15 is 0 Å². The van der Waals surface area contributed by atoms with E-state index in [1.165, 1.54) is 10.5 Å². The summed E-state index contributed by atoms with van der Waals surface area (Å²) in [5, 5.41) is 5.00. The minimum atomic E-state index is 0.643. The van der Waals surface area contributed by atoms with Crippen molar-refractivity contribution in [3.63, 3.8) is 0 Å². The zero-order valence-corrected chi connectivity index (χ0v) is 14.5. The van der Waals surface area contributed by atoms with E-state index in [2.05, 4.69) is 25.2 Å². The molecule has 1 nitrogen and oxygen atoms in total. The predicted octanol–water partition coefficient (Wildman–Crippen LogP) is 5.89. The van der Waals surface area contributed by atoms with Gasteiger partial charge in [-0.05, 0) is 54.4 Å². The number of halogens is 2. The molecular weight excluding hydrogens is 321 g/mol. The van der Waals surface area contributed by atoms with Crippen molar-refractivity contribution in [1.82, 2.24) is 5.32 Å². The van der Waals surface area contributed by atoms with Gasteiger partial charge in [0.2, 0.25) is 0 Å². The highest BCUT2D eigenvalue weighted by atomic mass is 35.5. The van der Waals surface area contributed by atoms with Crippen molar-refractivity contribution < 1.29 is 0 Å². The first kappa shape index (κ1) is 16.7. The quantitative estimate of drug-likeness (QED) is 0.704. The van der Waals surface area contributed by atoms with Crippen molar-refractivity contribution in [2.75, 3.05) is 6.54 Å². The van der Waals surface area contributed by atoms with Gasteiger partial charge in [0.1, 0.15) is 0 Å². The Bertz CT molecular complexity index is 582. The lowest BCUT2D eigenvalue weighted by molar-refractivity contribution is 0.550. The Morgan fingerprint density at radius 2 is 1.67 bits per heavy atom. The number of hydrogen-bond donors (Lipinski definition) is 1. The van der Waals surface area contributed by atoms with Crippen molar-refractivity contribution in [2.24, 2.45) is 5.92 Å². The van der Waals surface area contributed by atoms with E-state index in [0.717, 1.165) is 28.0 Å². The van der Waals surface area contributed by atoms with E-state index in [1.807, 2.05) is 36.4 Å². The Hall–Kier alpha value is -0.670. The van der Waals surface area contributed by atoms with Crippen LogP contribution >= 0.6 is 35.0 Å². The van der Waals surface area contributed by atoms with Crippen LogP contribution in [0, 0.1) is 5.92 Å². The van der Waals surface area contributed by atoms with Gasteiger partial charge in [-0.2, -0.15) is 0 Å². The molecule has 0 aromatic heterocycles. The van der Waals surface area contributed by atoms with Crippen LogP contribution in [-0.2, 0) is 6.54 Å². The fourth-order valence-electron chi connectivity index (χ4n) is 1.89. The first-order chi connectivity index (χ1) is 10.0. The molecule has 2 rings (SSSR count). The molecule has 0 amide bonds. The second-order valence-electron chi connectivity index (χ2n) is 5.33. The largest absolute Gasteiger partial charge is 0.312 e. The predicted molar refractivity (Wildman–Crippen MR) is 93.6 cm³/mol. The Balaban J connectivity index is 2.12. The summed E-state index contributed by atoms with van der Waals surface area (Å²) in [6.45, 7) is 6.27. The maximum absolute atomic E-state index is 6.14. The molecule has 0 aliphatic rings. The molecule has 0 unspecified atom stereocenters. The maximum Gasteiger partial charge on any atom is 0.0417 e. The van der Waals surface area contributed by atoms with E-state index in [4.69, 9.17) is 23.2 Å². The van der Waals surface area contributed by atoms with Gasteiger partial charge in [0, 0.05) is 26.4 Å². The zero-order chi connectivity index (χ0) is 15.2. The van der Waals surface area contributed by atoms with Gasteiger partial charge in [0.15, 0.2) is 0 Å². The highest BCUT2D eigenvalue weighted by Gasteiger charge is 2.06. The van der Waals surface area contributed by atoms with Crippen molar-refractivity contribution in [1.29, 1.82) is 0 Å². The van der Waals surface area contributed by atoms with E-state index in [9.17, 15) is 0 Å². The molecule has 0 bridgehead atoms. The number of nitrogens with one attached hydrogen (secondary N) is 1. The monoisotopic (exact) mass is 339 g/mol. The summed E-state index contributed by atoms with van der Waals surface area (Å²) < 4.78 is 0.